The van der Waals surface area contributed by atoms with E-state index in [0.717, 1.165) is 32.4 Å². The van der Waals surface area contributed by atoms with E-state index in [4.69, 9.17) is 9.47 Å². The topological polar surface area (TPSA) is 62.2 Å². The number of hydrogen-bond donors (Lipinski definition) is 2. The minimum Gasteiger partial charge on any atom is -0.493 e. The van der Waals surface area contributed by atoms with Crippen molar-refractivity contribution in [2.24, 2.45) is 11.3 Å². The molecule has 2 heterocycles. The fraction of sp³-hybridized carbons (Fsp3) is 0.739. The van der Waals surface area contributed by atoms with E-state index >= 15 is 0 Å². The van der Waals surface area contributed by atoms with E-state index in [9.17, 15) is 10.2 Å². The van der Waals surface area contributed by atoms with Gasteiger partial charge < -0.3 is 19.7 Å². The van der Waals surface area contributed by atoms with E-state index in [1.54, 1.807) is 7.11 Å². The van der Waals surface area contributed by atoms with Crippen molar-refractivity contribution in [2.45, 2.75) is 71.6 Å². The number of methoxy groups -OCH3 is 1. The molecule has 2 aliphatic heterocycles. The van der Waals surface area contributed by atoms with Crippen LogP contribution >= 0.6 is 0 Å². The Hall–Kier alpha value is -1.30. The van der Waals surface area contributed by atoms with E-state index < -0.39 is 6.10 Å². The van der Waals surface area contributed by atoms with E-state index in [0.29, 0.717) is 23.8 Å². The van der Waals surface area contributed by atoms with Gasteiger partial charge in [0.05, 0.1) is 19.3 Å². The quantitative estimate of drug-likeness (QED) is 0.776. The summed E-state index contributed by atoms with van der Waals surface area (Å²) in [6.07, 6.45) is 2.71. The van der Waals surface area contributed by atoms with Gasteiger partial charge in [-0.1, -0.05) is 27.7 Å². The normalized spacial score (nSPS) is 26.3. The van der Waals surface area contributed by atoms with Crippen molar-refractivity contribution in [1.82, 2.24) is 4.90 Å². The summed E-state index contributed by atoms with van der Waals surface area (Å²) in [7, 11) is 1.65. The predicted octanol–water partition coefficient (Wildman–Crippen LogP) is 3.56. The molecule has 3 unspecified atom stereocenters. The maximum atomic E-state index is 10.8. The van der Waals surface area contributed by atoms with Gasteiger partial charge in [-0.15, -0.1) is 0 Å². The number of hydrogen-bond acceptors (Lipinski definition) is 5. The van der Waals surface area contributed by atoms with Crippen LogP contribution < -0.4 is 9.47 Å². The lowest BCUT2D eigenvalue weighted by atomic mass is 9.75. The first-order valence-corrected chi connectivity index (χ1v) is 10.7. The summed E-state index contributed by atoms with van der Waals surface area (Å²) >= 11 is 0. The summed E-state index contributed by atoms with van der Waals surface area (Å²) in [5.74, 6) is 1.73. The minimum absolute atomic E-state index is 0.227. The van der Waals surface area contributed by atoms with E-state index in [1.165, 1.54) is 11.1 Å². The zero-order valence-corrected chi connectivity index (χ0v) is 18.1. The van der Waals surface area contributed by atoms with Crippen LogP contribution in [0.4, 0.5) is 0 Å². The SMILES string of the molecule is CC[C@@H](O)COc1cc2c(cc1OC)C1CC(O)C(CC(C)(C)C)CN1CC2. The summed E-state index contributed by atoms with van der Waals surface area (Å²) < 4.78 is 11.4. The first-order valence-electron chi connectivity index (χ1n) is 10.7. The molecule has 0 spiro atoms. The molecule has 1 saturated heterocycles. The minimum atomic E-state index is -0.468. The van der Waals surface area contributed by atoms with Crippen LogP contribution in [-0.4, -0.2) is 54.1 Å². The fourth-order valence-corrected chi connectivity index (χ4v) is 4.66. The second-order valence-electron chi connectivity index (χ2n) is 9.66. The second-order valence-corrected chi connectivity index (χ2v) is 9.66. The van der Waals surface area contributed by atoms with Crippen LogP contribution in [-0.2, 0) is 6.42 Å². The molecule has 28 heavy (non-hydrogen) atoms. The third-order valence-corrected chi connectivity index (χ3v) is 6.15. The monoisotopic (exact) mass is 391 g/mol. The van der Waals surface area contributed by atoms with Gasteiger partial charge in [0.15, 0.2) is 11.5 Å². The Labute approximate surface area is 169 Å². The number of ether oxygens (including phenoxy) is 2. The average molecular weight is 392 g/mol. The summed E-state index contributed by atoms with van der Waals surface area (Å²) in [6.45, 7) is 10.9. The van der Waals surface area contributed by atoms with Crippen LogP contribution in [0.25, 0.3) is 0 Å². The van der Waals surface area contributed by atoms with Crippen LogP contribution in [0.15, 0.2) is 12.1 Å². The molecule has 0 aromatic heterocycles. The van der Waals surface area contributed by atoms with Crippen LogP contribution in [0.5, 0.6) is 11.5 Å². The molecule has 1 fully saturated rings. The van der Waals surface area contributed by atoms with E-state index in [1.807, 2.05) is 6.92 Å². The van der Waals surface area contributed by atoms with Gasteiger partial charge in [-0.05, 0) is 60.3 Å². The largest absolute Gasteiger partial charge is 0.493 e. The van der Waals surface area contributed by atoms with Crippen molar-refractivity contribution in [3.63, 3.8) is 0 Å². The maximum Gasteiger partial charge on any atom is 0.161 e. The van der Waals surface area contributed by atoms with Crippen molar-refractivity contribution in [3.05, 3.63) is 23.3 Å². The van der Waals surface area contributed by atoms with Gasteiger partial charge in [-0.3, -0.25) is 4.90 Å². The molecule has 158 valence electrons. The van der Waals surface area contributed by atoms with Crippen LogP contribution in [0.3, 0.4) is 0 Å². The molecule has 1 aromatic carbocycles. The van der Waals surface area contributed by atoms with Crippen molar-refractivity contribution in [2.75, 3.05) is 26.8 Å². The molecular formula is C23H37NO4. The number of rotatable bonds is 6. The number of benzene rings is 1. The van der Waals surface area contributed by atoms with Crippen LogP contribution in [0.2, 0.25) is 0 Å². The molecule has 0 amide bonds. The van der Waals surface area contributed by atoms with Gasteiger partial charge in [0.2, 0.25) is 0 Å². The number of aliphatic hydroxyl groups excluding tert-OH is 2. The molecule has 4 atom stereocenters. The van der Waals surface area contributed by atoms with Gasteiger partial charge >= 0.3 is 0 Å². The lowest BCUT2D eigenvalue weighted by molar-refractivity contribution is -0.0259. The standard InChI is InChI=1S/C23H37NO4/c1-6-17(25)14-28-22-9-15-7-8-24-13-16(12-23(2,3)4)20(26)11-19(24)18(15)10-21(22)27-5/h9-10,16-17,19-20,25-26H,6-8,11-14H2,1-5H3/t16?,17-,19?,20?/m1/s1. The van der Waals surface area contributed by atoms with Crippen LogP contribution in [0.1, 0.15) is 64.1 Å². The molecule has 0 radical (unpaired) electrons. The molecule has 2 aliphatic rings. The molecule has 5 nitrogen and oxygen atoms in total. The molecule has 0 saturated carbocycles. The molecule has 1 aromatic rings. The van der Waals surface area contributed by atoms with E-state index in [2.05, 4.69) is 37.8 Å². The summed E-state index contributed by atoms with van der Waals surface area (Å²) in [5, 5.41) is 20.6. The Kier molecular flexibility index (Phi) is 6.58. The zero-order chi connectivity index (χ0) is 20.5. The van der Waals surface area contributed by atoms with E-state index in [-0.39, 0.29) is 24.2 Å². The zero-order valence-electron chi connectivity index (χ0n) is 18.1. The highest BCUT2D eigenvalue weighted by Crippen LogP contribution is 2.44. The van der Waals surface area contributed by atoms with Crippen molar-refractivity contribution < 1.29 is 19.7 Å². The molecule has 5 heteroatoms. The Bertz CT molecular complexity index is 669. The molecule has 0 aliphatic carbocycles. The summed E-state index contributed by atoms with van der Waals surface area (Å²) in [5.41, 5.74) is 2.74. The first-order chi connectivity index (χ1) is 13.2. The van der Waals surface area contributed by atoms with Gasteiger partial charge in [0, 0.05) is 19.1 Å². The fourth-order valence-electron chi connectivity index (χ4n) is 4.66. The van der Waals surface area contributed by atoms with Gasteiger partial charge in [-0.25, -0.2) is 0 Å². The Morgan fingerprint density at radius 1 is 1.25 bits per heavy atom. The predicted molar refractivity (Wildman–Crippen MR) is 111 cm³/mol. The highest BCUT2D eigenvalue weighted by molar-refractivity contribution is 5.49. The summed E-state index contributed by atoms with van der Waals surface area (Å²) in [4.78, 5) is 2.53. The number of fused-ring (bicyclic) bond motifs is 3. The van der Waals surface area contributed by atoms with Gasteiger partial charge in [0.25, 0.3) is 0 Å². The molecule has 3 rings (SSSR count). The third-order valence-electron chi connectivity index (χ3n) is 6.15. The van der Waals surface area contributed by atoms with Gasteiger partial charge in [-0.2, -0.15) is 0 Å². The average Bonchev–Trinajstić information content (AvgIpc) is 2.64. The first kappa shape index (κ1) is 21.4. The highest BCUT2D eigenvalue weighted by Gasteiger charge is 2.39. The number of nitrogens with zero attached hydrogens (tertiary/aromatic N) is 1. The van der Waals surface area contributed by atoms with Crippen molar-refractivity contribution in [1.29, 1.82) is 0 Å². The number of aliphatic hydroxyl groups is 2. The second kappa shape index (κ2) is 8.60. The Morgan fingerprint density at radius 2 is 2.00 bits per heavy atom. The molecule has 0 bridgehead atoms. The summed E-state index contributed by atoms with van der Waals surface area (Å²) in [6, 6.07) is 4.39. The lowest BCUT2D eigenvalue weighted by Gasteiger charge is -2.47. The Balaban J connectivity index is 1.80. The van der Waals surface area contributed by atoms with Crippen LogP contribution in [0, 0.1) is 11.3 Å². The van der Waals surface area contributed by atoms with Crippen molar-refractivity contribution >= 4 is 0 Å². The smallest absolute Gasteiger partial charge is 0.161 e. The van der Waals surface area contributed by atoms with Gasteiger partial charge in [0.1, 0.15) is 6.61 Å². The maximum absolute atomic E-state index is 10.8. The van der Waals surface area contributed by atoms with Crippen molar-refractivity contribution in [3.8, 4) is 11.5 Å². The lowest BCUT2D eigenvalue weighted by Crippen LogP contribution is -2.48. The highest BCUT2D eigenvalue weighted by atomic mass is 16.5. The number of piperidine rings is 1. The third kappa shape index (κ3) is 4.81. The molecule has 2 N–H and O–H groups in total. The molecular weight excluding hydrogens is 354 g/mol. The Morgan fingerprint density at radius 3 is 2.64 bits per heavy atom.